The van der Waals surface area contributed by atoms with Crippen molar-refractivity contribution in [1.29, 1.82) is 0 Å². The molecule has 0 fully saturated rings. The third-order valence-corrected chi connectivity index (χ3v) is 6.25. The maximum atomic E-state index is 13.3. The molecule has 4 aromatic rings. The minimum absolute atomic E-state index is 0.0112. The zero-order valence-corrected chi connectivity index (χ0v) is 17.4. The molecule has 0 bridgehead atoms. The topological polar surface area (TPSA) is 81.4 Å². The lowest BCUT2D eigenvalue weighted by atomic mass is 10.2. The summed E-state index contributed by atoms with van der Waals surface area (Å²) in [5.74, 6) is 0.815. The Morgan fingerprint density at radius 1 is 0.967 bits per heavy atom. The van der Waals surface area contributed by atoms with E-state index >= 15 is 0 Å². The molecule has 0 saturated heterocycles. The highest BCUT2D eigenvalue weighted by Crippen LogP contribution is 2.34. The molecule has 3 aromatic carbocycles. The predicted octanol–water partition coefficient (Wildman–Crippen LogP) is 5.58. The number of benzene rings is 3. The molecule has 0 saturated carbocycles. The summed E-state index contributed by atoms with van der Waals surface area (Å²) in [7, 11) is -2.41. The van der Waals surface area contributed by atoms with Crippen LogP contribution >= 0.6 is 11.6 Å². The maximum absolute atomic E-state index is 13.3. The number of anilines is 2. The largest absolute Gasteiger partial charge is 0.497 e. The molecule has 0 spiro atoms. The molecule has 8 heteroatoms. The minimum atomic E-state index is -3.97. The lowest BCUT2D eigenvalue weighted by molar-refractivity contribution is 0.415. The van der Waals surface area contributed by atoms with Crippen molar-refractivity contribution in [1.82, 2.24) is 4.98 Å². The number of oxazole rings is 1. The first-order valence-corrected chi connectivity index (χ1v) is 10.8. The van der Waals surface area contributed by atoms with Gasteiger partial charge in [-0.05, 0) is 48.5 Å². The summed E-state index contributed by atoms with van der Waals surface area (Å²) in [6.07, 6.45) is 0. The minimum Gasteiger partial charge on any atom is -0.497 e. The van der Waals surface area contributed by atoms with Crippen LogP contribution in [-0.2, 0) is 9.84 Å². The highest BCUT2D eigenvalue weighted by Gasteiger charge is 2.28. The fourth-order valence-corrected chi connectivity index (χ4v) is 4.21. The van der Waals surface area contributed by atoms with Crippen LogP contribution in [0.1, 0.15) is 0 Å². The molecule has 0 aliphatic rings. The molecule has 0 aliphatic carbocycles. The van der Waals surface area contributed by atoms with Gasteiger partial charge in [-0.1, -0.05) is 35.9 Å². The molecule has 0 aliphatic heterocycles. The average Bonchev–Trinajstić information content (AvgIpc) is 3.19. The van der Waals surface area contributed by atoms with E-state index in [2.05, 4.69) is 10.3 Å². The number of halogens is 1. The highest BCUT2D eigenvalue weighted by atomic mass is 35.5. The summed E-state index contributed by atoms with van der Waals surface area (Å²) >= 11 is 5.91. The van der Waals surface area contributed by atoms with Crippen LogP contribution in [0.3, 0.4) is 0 Å². The van der Waals surface area contributed by atoms with E-state index in [0.717, 1.165) is 0 Å². The normalized spacial score (nSPS) is 11.3. The number of sulfone groups is 1. The molecule has 0 radical (unpaired) electrons. The first kappa shape index (κ1) is 20.0. The molecule has 6 nitrogen and oxygen atoms in total. The Kier molecular flexibility index (Phi) is 5.48. The summed E-state index contributed by atoms with van der Waals surface area (Å²) in [6, 6.07) is 22.0. The van der Waals surface area contributed by atoms with Crippen LogP contribution < -0.4 is 10.1 Å². The van der Waals surface area contributed by atoms with Crippen molar-refractivity contribution < 1.29 is 17.6 Å². The van der Waals surface area contributed by atoms with Crippen molar-refractivity contribution in [3.63, 3.8) is 0 Å². The summed E-state index contributed by atoms with van der Waals surface area (Å²) in [4.78, 5) is 4.37. The van der Waals surface area contributed by atoms with Gasteiger partial charge in [0, 0.05) is 22.3 Å². The third-order valence-electron chi connectivity index (χ3n) is 4.32. The van der Waals surface area contributed by atoms with Crippen molar-refractivity contribution in [2.45, 2.75) is 9.92 Å². The van der Waals surface area contributed by atoms with Crippen molar-refractivity contribution in [3.8, 4) is 17.2 Å². The smallest absolute Gasteiger partial charge is 0.238 e. The van der Waals surface area contributed by atoms with Gasteiger partial charge in [-0.25, -0.2) is 8.42 Å². The Morgan fingerprint density at radius 2 is 1.70 bits per heavy atom. The Morgan fingerprint density at radius 3 is 2.40 bits per heavy atom. The molecular formula is C22H17ClN2O4S. The van der Waals surface area contributed by atoms with E-state index in [1.165, 1.54) is 24.3 Å². The number of rotatable bonds is 6. The van der Waals surface area contributed by atoms with E-state index in [1.54, 1.807) is 43.5 Å². The summed E-state index contributed by atoms with van der Waals surface area (Å²) < 4.78 is 37.7. The number of hydrogen-bond donors (Lipinski definition) is 1. The SMILES string of the molecule is COc1cccc(Nc2oc(-c3ccccc3)nc2S(=O)(=O)c2ccc(Cl)cc2)c1. The fourth-order valence-electron chi connectivity index (χ4n) is 2.83. The van der Waals surface area contributed by atoms with Crippen LogP contribution in [-0.4, -0.2) is 20.5 Å². The number of methoxy groups -OCH3 is 1. The first-order chi connectivity index (χ1) is 14.5. The average molecular weight is 441 g/mol. The van der Waals surface area contributed by atoms with Crippen LogP contribution in [0.5, 0.6) is 5.75 Å². The highest BCUT2D eigenvalue weighted by molar-refractivity contribution is 7.91. The van der Waals surface area contributed by atoms with Crippen LogP contribution in [0.4, 0.5) is 11.6 Å². The van der Waals surface area contributed by atoms with Gasteiger partial charge in [0.1, 0.15) is 5.75 Å². The van der Waals surface area contributed by atoms with Gasteiger partial charge in [-0.15, -0.1) is 0 Å². The van der Waals surface area contributed by atoms with E-state index in [9.17, 15) is 8.42 Å². The number of nitrogens with zero attached hydrogens (tertiary/aromatic N) is 1. The van der Waals surface area contributed by atoms with Gasteiger partial charge in [-0.3, -0.25) is 0 Å². The predicted molar refractivity (Wildman–Crippen MR) is 115 cm³/mol. The molecule has 4 rings (SSSR count). The van der Waals surface area contributed by atoms with Crippen LogP contribution in [0, 0.1) is 0 Å². The molecule has 1 aromatic heterocycles. The maximum Gasteiger partial charge on any atom is 0.238 e. The summed E-state index contributed by atoms with van der Waals surface area (Å²) in [5.41, 5.74) is 1.25. The van der Waals surface area contributed by atoms with Crippen molar-refractivity contribution in [2.24, 2.45) is 0 Å². The molecule has 1 N–H and O–H groups in total. The standard InChI is InChI=1S/C22H17ClN2O4S/c1-28-18-9-5-8-17(14-18)24-21-22(25-20(29-21)15-6-3-2-4-7-15)30(26,27)19-12-10-16(23)11-13-19/h2-14,24H,1H3. The van der Waals surface area contributed by atoms with E-state index in [4.69, 9.17) is 20.8 Å². The molecule has 0 atom stereocenters. The second-order valence-corrected chi connectivity index (χ2v) is 8.64. The van der Waals surface area contributed by atoms with E-state index in [1.807, 2.05) is 18.2 Å². The molecule has 152 valence electrons. The van der Waals surface area contributed by atoms with Gasteiger partial charge >= 0.3 is 0 Å². The Labute approximate surface area is 179 Å². The quantitative estimate of drug-likeness (QED) is 0.421. The van der Waals surface area contributed by atoms with Gasteiger partial charge in [0.15, 0.2) is 0 Å². The fraction of sp³-hybridized carbons (Fsp3) is 0.0455. The van der Waals surface area contributed by atoms with Gasteiger partial charge in [0.2, 0.25) is 26.6 Å². The van der Waals surface area contributed by atoms with Gasteiger partial charge < -0.3 is 14.5 Å². The Hall–Kier alpha value is -3.29. The zero-order valence-electron chi connectivity index (χ0n) is 15.9. The molecule has 0 amide bonds. The summed E-state index contributed by atoms with van der Waals surface area (Å²) in [6.45, 7) is 0. The molecular weight excluding hydrogens is 424 g/mol. The van der Waals surface area contributed by atoms with E-state index in [-0.39, 0.29) is 21.7 Å². The van der Waals surface area contributed by atoms with Crippen LogP contribution in [0.15, 0.2) is 93.2 Å². The van der Waals surface area contributed by atoms with E-state index < -0.39 is 9.84 Å². The molecule has 1 heterocycles. The van der Waals surface area contributed by atoms with E-state index in [0.29, 0.717) is 22.0 Å². The molecule has 30 heavy (non-hydrogen) atoms. The first-order valence-electron chi connectivity index (χ1n) is 8.95. The monoisotopic (exact) mass is 440 g/mol. The number of nitrogens with one attached hydrogen (secondary N) is 1. The second-order valence-electron chi connectivity index (χ2n) is 6.33. The van der Waals surface area contributed by atoms with Gasteiger partial charge in [0.25, 0.3) is 0 Å². The van der Waals surface area contributed by atoms with Crippen molar-refractivity contribution in [3.05, 3.63) is 83.9 Å². The lowest BCUT2D eigenvalue weighted by Gasteiger charge is -2.07. The third kappa shape index (κ3) is 4.03. The number of ether oxygens (including phenoxy) is 1. The Balaban J connectivity index is 1.83. The number of hydrogen-bond acceptors (Lipinski definition) is 6. The Bertz CT molecular complexity index is 1270. The second kappa shape index (κ2) is 8.22. The van der Waals surface area contributed by atoms with Crippen LogP contribution in [0.2, 0.25) is 5.02 Å². The van der Waals surface area contributed by atoms with Gasteiger partial charge in [0.05, 0.1) is 12.0 Å². The molecule has 0 unspecified atom stereocenters. The van der Waals surface area contributed by atoms with Crippen LogP contribution in [0.25, 0.3) is 11.5 Å². The van der Waals surface area contributed by atoms with Gasteiger partial charge in [-0.2, -0.15) is 4.98 Å². The van der Waals surface area contributed by atoms with Crippen molar-refractivity contribution in [2.75, 3.05) is 12.4 Å². The zero-order chi connectivity index (χ0) is 21.1. The van der Waals surface area contributed by atoms with Crippen molar-refractivity contribution >= 4 is 33.0 Å². The summed E-state index contributed by atoms with van der Waals surface area (Å²) in [5, 5.41) is 3.23. The number of aromatic nitrogens is 1. The lowest BCUT2D eigenvalue weighted by Crippen LogP contribution is -2.05.